The summed E-state index contributed by atoms with van der Waals surface area (Å²) in [7, 11) is 1.44. The van der Waals surface area contributed by atoms with E-state index >= 15 is 0 Å². The predicted octanol–water partition coefficient (Wildman–Crippen LogP) is 2.06. The average Bonchev–Trinajstić information content (AvgIpc) is 2.34. The van der Waals surface area contributed by atoms with Crippen LogP contribution in [0.1, 0.15) is 15.9 Å². The number of carboxylic acids is 1. The Morgan fingerprint density at radius 3 is 2.94 bits per heavy atom. The van der Waals surface area contributed by atoms with Gasteiger partial charge in [0.2, 0.25) is 0 Å². The van der Waals surface area contributed by atoms with E-state index in [2.05, 4.69) is 21.9 Å². The van der Waals surface area contributed by atoms with Crippen LogP contribution in [0.25, 0.3) is 10.4 Å². The summed E-state index contributed by atoms with van der Waals surface area (Å²) in [4.78, 5) is 13.4. The lowest BCUT2D eigenvalue weighted by molar-refractivity contribution is 0.0696. The maximum Gasteiger partial charge on any atom is 0.335 e. The van der Waals surface area contributed by atoms with Gasteiger partial charge in [0, 0.05) is 10.5 Å². The van der Waals surface area contributed by atoms with Crippen molar-refractivity contribution in [3.8, 4) is 17.6 Å². The molecule has 86 valence electrons. The first-order valence-electron chi connectivity index (χ1n) is 4.59. The van der Waals surface area contributed by atoms with Crippen LogP contribution in [0.5, 0.6) is 5.75 Å². The minimum absolute atomic E-state index is 0.0378. The zero-order chi connectivity index (χ0) is 12.7. The summed E-state index contributed by atoms with van der Waals surface area (Å²) in [6.45, 7) is 0.0378. The van der Waals surface area contributed by atoms with Crippen LogP contribution >= 0.6 is 0 Å². The normalized spacial score (nSPS) is 8.53. The molecule has 1 aromatic rings. The number of azide groups is 1. The smallest absolute Gasteiger partial charge is 0.335 e. The topological polar surface area (TPSA) is 95.3 Å². The summed E-state index contributed by atoms with van der Waals surface area (Å²) in [5.74, 6) is 4.65. The van der Waals surface area contributed by atoms with Gasteiger partial charge in [-0.15, -0.1) is 0 Å². The highest BCUT2D eigenvalue weighted by Crippen LogP contribution is 2.16. The van der Waals surface area contributed by atoms with Gasteiger partial charge < -0.3 is 9.84 Å². The van der Waals surface area contributed by atoms with Gasteiger partial charge in [-0.1, -0.05) is 17.0 Å². The highest BCUT2D eigenvalue weighted by atomic mass is 16.5. The standard InChI is InChI=1S/C11H9N3O3/c1-17-10-6-8(3-2-4-13-14-12)5-9(7-10)11(15)16/h5-7H,4H2,1H3,(H,15,16). The second-order valence-electron chi connectivity index (χ2n) is 2.95. The summed E-state index contributed by atoms with van der Waals surface area (Å²) in [6, 6.07) is 4.43. The van der Waals surface area contributed by atoms with Crippen LogP contribution in [0.4, 0.5) is 0 Å². The lowest BCUT2D eigenvalue weighted by Crippen LogP contribution is -1.98. The molecule has 0 aliphatic rings. The lowest BCUT2D eigenvalue weighted by atomic mass is 10.1. The molecule has 0 atom stereocenters. The van der Waals surface area contributed by atoms with E-state index < -0.39 is 5.97 Å². The van der Waals surface area contributed by atoms with Crippen molar-refractivity contribution in [2.75, 3.05) is 13.7 Å². The summed E-state index contributed by atoms with van der Waals surface area (Å²) in [5, 5.41) is 12.1. The molecule has 0 amide bonds. The molecule has 1 rings (SSSR count). The molecule has 0 bridgehead atoms. The number of carboxylic acid groups (broad SMARTS) is 1. The second kappa shape index (κ2) is 6.05. The average molecular weight is 231 g/mol. The van der Waals surface area contributed by atoms with Gasteiger partial charge in [0.1, 0.15) is 5.75 Å². The van der Waals surface area contributed by atoms with Crippen LogP contribution in [0.3, 0.4) is 0 Å². The fourth-order valence-corrected chi connectivity index (χ4v) is 1.12. The maximum absolute atomic E-state index is 10.8. The van der Waals surface area contributed by atoms with Gasteiger partial charge in [0.05, 0.1) is 19.2 Å². The predicted molar refractivity (Wildman–Crippen MR) is 60.8 cm³/mol. The Labute approximate surface area is 97.5 Å². The summed E-state index contributed by atoms with van der Waals surface area (Å²) in [6.07, 6.45) is 0. The molecule has 0 spiro atoms. The molecule has 0 aliphatic heterocycles. The van der Waals surface area contributed by atoms with Crippen LogP contribution < -0.4 is 4.74 Å². The molecular formula is C11H9N3O3. The Balaban J connectivity index is 3.05. The first kappa shape index (κ1) is 12.4. The third-order valence-electron chi connectivity index (χ3n) is 1.83. The second-order valence-corrected chi connectivity index (χ2v) is 2.95. The zero-order valence-corrected chi connectivity index (χ0v) is 9.04. The highest BCUT2D eigenvalue weighted by Gasteiger charge is 2.06. The summed E-state index contributed by atoms with van der Waals surface area (Å²) in [5.41, 5.74) is 8.65. The zero-order valence-electron chi connectivity index (χ0n) is 9.04. The van der Waals surface area contributed by atoms with Crippen LogP contribution in [0.2, 0.25) is 0 Å². The van der Waals surface area contributed by atoms with Crippen molar-refractivity contribution in [2.24, 2.45) is 5.11 Å². The molecule has 0 radical (unpaired) electrons. The monoisotopic (exact) mass is 231 g/mol. The van der Waals surface area contributed by atoms with Crippen molar-refractivity contribution >= 4 is 5.97 Å². The summed E-state index contributed by atoms with van der Waals surface area (Å²) >= 11 is 0. The van der Waals surface area contributed by atoms with Crippen molar-refractivity contribution in [3.05, 3.63) is 39.8 Å². The molecule has 0 unspecified atom stereocenters. The van der Waals surface area contributed by atoms with Crippen molar-refractivity contribution in [1.82, 2.24) is 0 Å². The Morgan fingerprint density at radius 2 is 2.35 bits per heavy atom. The van der Waals surface area contributed by atoms with E-state index in [0.29, 0.717) is 11.3 Å². The maximum atomic E-state index is 10.8. The molecule has 0 aromatic heterocycles. The number of hydrogen-bond donors (Lipinski definition) is 1. The summed E-state index contributed by atoms with van der Waals surface area (Å²) < 4.78 is 4.96. The molecule has 0 fully saturated rings. The van der Waals surface area contributed by atoms with Gasteiger partial charge in [-0.25, -0.2) is 4.79 Å². The van der Waals surface area contributed by atoms with Crippen LogP contribution in [0, 0.1) is 11.8 Å². The van der Waals surface area contributed by atoms with E-state index in [9.17, 15) is 4.79 Å². The molecule has 0 saturated heterocycles. The number of benzene rings is 1. The van der Waals surface area contributed by atoms with E-state index in [4.69, 9.17) is 15.4 Å². The number of hydrogen-bond acceptors (Lipinski definition) is 3. The minimum atomic E-state index is -1.05. The number of methoxy groups -OCH3 is 1. The molecule has 0 heterocycles. The number of ether oxygens (including phenoxy) is 1. The highest BCUT2D eigenvalue weighted by molar-refractivity contribution is 5.88. The van der Waals surface area contributed by atoms with Crippen LogP contribution in [-0.4, -0.2) is 24.7 Å². The molecule has 6 nitrogen and oxygen atoms in total. The van der Waals surface area contributed by atoms with Crippen molar-refractivity contribution in [2.45, 2.75) is 0 Å². The van der Waals surface area contributed by atoms with E-state index in [1.54, 1.807) is 6.07 Å². The largest absolute Gasteiger partial charge is 0.497 e. The van der Waals surface area contributed by atoms with Crippen LogP contribution in [0.15, 0.2) is 23.3 Å². The van der Waals surface area contributed by atoms with Crippen molar-refractivity contribution in [3.63, 3.8) is 0 Å². The first-order valence-corrected chi connectivity index (χ1v) is 4.59. The molecule has 17 heavy (non-hydrogen) atoms. The molecule has 0 saturated carbocycles. The molecule has 0 aliphatic carbocycles. The third kappa shape index (κ3) is 3.78. The fraction of sp³-hybridized carbons (Fsp3) is 0.182. The third-order valence-corrected chi connectivity index (χ3v) is 1.83. The van der Waals surface area contributed by atoms with Gasteiger partial charge in [0.15, 0.2) is 0 Å². The number of carbonyl (C=O) groups is 1. The number of nitrogens with zero attached hydrogens (tertiary/aromatic N) is 3. The van der Waals surface area contributed by atoms with E-state index in [1.807, 2.05) is 0 Å². The van der Waals surface area contributed by atoms with Crippen molar-refractivity contribution < 1.29 is 14.6 Å². The Morgan fingerprint density at radius 1 is 1.59 bits per heavy atom. The Bertz CT molecular complexity index is 537. The lowest BCUT2D eigenvalue weighted by Gasteiger charge is -2.02. The van der Waals surface area contributed by atoms with Gasteiger partial charge in [-0.3, -0.25) is 0 Å². The van der Waals surface area contributed by atoms with E-state index in [1.165, 1.54) is 19.2 Å². The van der Waals surface area contributed by atoms with E-state index in [0.717, 1.165) is 0 Å². The van der Waals surface area contributed by atoms with Gasteiger partial charge in [-0.05, 0) is 23.7 Å². The van der Waals surface area contributed by atoms with Gasteiger partial charge in [-0.2, -0.15) is 0 Å². The Kier molecular flexibility index (Phi) is 4.43. The van der Waals surface area contributed by atoms with Gasteiger partial charge in [0.25, 0.3) is 0 Å². The fourth-order valence-electron chi connectivity index (χ4n) is 1.12. The minimum Gasteiger partial charge on any atom is -0.497 e. The quantitative estimate of drug-likeness (QED) is 0.373. The number of aromatic carboxylic acids is 1. The SMILES string of the molecule is COc1cc(C#CCN=[N+]=[N-])cc(C(=O)O)c1. The molecule has 1 aromatic carbocycles. The number of rotatable bonds is 3. The Hall–Kier alpha value is -2.64. The van der Waals surface area contributed by atoms with Crippen molar-refractivity contribution in [1.29, 1.82) is 0 Å². The molecular weight excluding hydrogens is 222 g/mol. The molecule has 6 heteroatoms. The van der Waals surface area contributed by atoms with E-state index in [-0.39, 0.29) is 12.1 Å². The van der Waals surface area contributed by atoms with Gasteiger partial charge >= 0.3 is 5.97 Å². The molecule has 1 N–H and O–H groups in total. The first-order chi connectivity index (χ1) is 8.17. The van der Waals surface area contributed by atoms with Crippen LogP contribution in [-0.2, 0) is 0 Å².